The molecular formula is C14H20ClNO. The van der Waals surface area contributed by atoms with E-state index >= 15 is 0 Å². The van der Waals surface area contributed by atoms with Crippen molar-refractivity contribution < 1.29 is 4.74 Å². The van der Waals surface area contributed by atoms with Gasteiger partial charge >= 0.3 is 0 Å². The van der Waals surface area contributed by atoms with Crippen LogP contribution in [0.1, 0.15) is 31.2 Å². The Morgan fingerprint density at radius 3 is 2.76 bits per heavy atom. The molecule has 0 bridgehead atoms. The molecule has 1 aliphatic rings. The van der Waals surface area contributed by atoms with Gasteiger partial charge in [-0.05, 0) is 43.4 Å². The van der Waals surface area contributed by atoms with Gasteiger partial charge in [-0.2, -0.15) is 0 Å². The van der Waals surface area contributed by atoms with Gasteiger partial charge in [0.2, 0.25) is 0 Å². The van der Waals surface area contributed by atoms with Crippen molar-refractivity contribution in [2.75, 3.05) is 13.2 Å². The summed E-state index contributed by atoms with van der Waals surface area (Å²) < 4.78 is 5.92. The number of hydrogen-bond donors (Lipinski definition) is 1. The molecule has 0 saturated heterocycles. The Morgan fingerprint density at radius 2 is 2.06 bits per heavy atom. The van der Waals surface area contributed by atoms with Crippen LogP contribution in [0.5, 0.6) is 5.75 Å². The number of halogens is 1. The van der Waals surface area contributed by atoms with Crippen LogP contribution in [0.15, 0.2) is 18.2 Å². The van der Waals surface area contributed by atoms with Crippen LogP contribution in [0.25, 0.3) is 0 Å². The summed E-state index contributed by atoms with van der Waals surface area (Å²) in [5, 5.41) is 0.703. The lowest BCUT2D eigenvalue weighted by atomic mass is 10.1. The van der Waals surface area contributed by atoms with Crippen LogP contribution in [-0.4, -0.2) is 13.2 Å². The summed E-state index contributed by atoms with van der Waals surface area (Å²) in [6, 6.07) is 5.88. The van der Waals surface area contributed by atoms with Gasteiger partial charge < -0.3 is 10.5 Å². The van der Waals surface area contributed by atoms with Gasteiger partial charge in [-0.3, -0.25) is 0 Å². The van der Waals surface area contributed by atoms with Crippen molar-refractivity contribution in [3.63, 3.8) is 0 Å². The normalized spacial score (nSPS) is 16.4. The van der Waals surface area contributed by atoms with E-state index < -0.39 is 0 Å². The molecule has 0 aromatic heterocycles. The number of ether oxygens (including phenoxy) is 1. The molecule has 2 N–H and O–H groups in total. The van der Waals surface area contributed by atoms with E-state index in [4.69, 9.17) is 22.1 Å². The molecule has 0 spiro atoms. The van der Waals surface area contributed by atoms with Gasteiger partial charge in [-0.15, -0.1) is 0 Å². The van der Waals surface area contributed by atoms with E-state index in [9.17, 15) is 0 Å². The van der Waals surface area contributed by atoms with Gasteiger partial charge in [0.25, 0.3) is 0 Å². The minimum atomic E-state index is 0.625. The molecule has 2 nitrogen and oxygen atoms in total. The summed E-state index contributed by atoms with van der Waals surface area (Å²) in [4.78, 5) is 0. The maximum absolute atomic E-state index is 6.18. The molecule has 0 unspecified atom stereocenters. The first-order chi connectivity index (χ1) is 8.31. The molecule has 0 radical (unpaired) electrons. The molecule has 1 aliphatic carbocycles. The van der Waals surface area contributed by atoms with E-state index in [1.807, 2.05) is 18.2 Å². The smallest absolute Gasteiger partial charge is 0.141 e. The third-order valence-electron chi connectivity index (χ3n) is 3.40. The molecular weight excluding hydrogens is 234 g/mol. The van der Waals surface area contributed by atoms with Crippen molar-refractivity contribution in [2.45, 2.75) is 32.1 Å². The molecule has 1 saturated carbocycles. The van der Waals surface area contributed by atoms with E-state index in [0.717, 1.165) is 24.3 Å². The largest absolute Gasteiger partial charge is 0.491 e. The summed E-state index contributed by atoms with van der Waals surface area (Å²) >= 11 is 6.18. The van der Waals surface area contributed by atoms with Gasteiger partial charge in [0, 0.05) is 0 Å². The highest BCUT2D eigenvalue weighted by Gasteiger charge is 2.17. The third-order valence-corrected chi connectivity index (χ3v) is 3.70. The molecule has 2 rings (SSSR count). The molecule has 1 aromatic carbocycles. The molecule has 0 heterocycles. The fraction of sp³-hybridized carbons (Fsp3) is 0.571. The predicted molar refractivity (Wildman–Crippen MR) is 71.7 cm³/mol. The van der Waals surface area contributed by atoms with Gasteiger partial charge in [-0.1, -0.05) is 36.6 Å². The van der Waals surface area contributed by atoms with E-state index in [1.165, 1.54) is 25.7 Å². The van der Waals surface area contributed by atoms with Gasteiger partial charge in [-0.25, -0.2) is 0 Å². The Labute approximate surface area is 108 Å². The van der Waals surface area contributed by atoms with Gasteiger partial charge in [0.15, 0.2) is 0 Å². The van der Waals surface area contributed by atoms with Crippen LogP contribution in [0.3, 0.4) is 0 Å². The average Bonchev–Trinajstić information content (AvgIpc) is 2.82. The summed E-state index contributed by atoms with van der Waals surface area (Å²) in [7, 11) is 0. The first-order valence-electron chi connectivity index (χ1n) is 6.41. The van der Waals surface area contributed by atoms with E-state index in [2.05, 4.69) is 0 Å². The van der Waals surface area contributed by atoms with Crippen LogP contribution in [-0.2, 0) is 6.42 Å². The summed E-state index contributed by atoms with van der Waals surface area (Å²) in [6.07, 6.45) is 6.08. The topological polar surface area (TPSA) is 35.2 Å². The summed E-state index contributed by atoms with van der Waals surface area (Å²) in [5.74, 6) is 1.54. The minimum Gasteiger partial charge on any atom is -0.491 e. The zero-order valence-electron chi connectivity index (χ0n) is 10.1. The average molecular weight is 254 g/mol. The van der Waals surface area contributed by atoms with Gasteiger partial charge in [0.1, 0.15) is 5.75 Å². The highest BCUT2D eigenvalue weighted by atomic mass is 35.5. The fourth-order valence-corrected chi connectivity index (χ4v) is 2.69. The molecule has 1 aromatic rings. The maximum Gasteiger partial charge on any atom is 0.141 e. The molecule has 0 atom stereocenters. The van der Waals surface area contributed by atoms with Crippen molar-refractivity contribution in [3.05, 3.63) is 28.8 Å². The van der Waals surface area contributed by atoms with E-state index in [1.54, 1.807) is 0 Å². The van der Waals surface area contributed by atoms with Crippen LogP contribution >= 0.6 is 11.6 Å². The first kappa shape index (κ1) is 12.7. The van der Waals surface area contributed by atoms with Crippen LogP contribution in [0.2, 0.25) is 5.02 Å². The molecule has 94 valence electrons. The Balaban J connectivity index is 2.02. The molecule has 3 heteroatoms. The van der Waals surface area contributed by atoms with Crippen LogP contribution < -0.4 is 10.5 Å². The number of nitrogens with two attached hydrogens (primary N) is 1. The quantitative estimate of drug-likeness (QED) is 0.873. The summed E-state index contributed by atoms with van der Waals surface area (Å²) in [6.45, 7) is 1.42. The molecule has 0 amide bonds. The van der Waals surface area contributed by atoms with Crippen LogP contribution in [0.4, 0.5) is 0 Å². The van der Waals surface area contributed by atoms with Crippen LogP contribution in [0, 0.1) is 5.92 Å². The molecule has 0 aliphatic heterocycles. The first-order valence-corrected chi connectivity index (χ1v) is 6.79. The highest BCUT2D eigenvalue weighted by Crippen LogP contribution is 2.31. The Morgan fingerprint density at radius 1 is 1.29 bits per heavy atom. The maximum atomic E-state index is 6.18. The highest BCUT2D eigenvalue weighted by molar-refractivity contribution is 6.32. The fourth-order valence-electron chi connectivity index (χ4n) is 2.45. The number of hydrogen-bond acceptors (Lipinski definition) is 2. The molecule has 17 heavy (non-hydrogen) atoms. The van der Waals surface area contributed by atoms with E-state index in [-0.39, 0.29) is 0 Å². The number of para-hydroxylation sites is 1. The third kappa shape index (κ3) is 3.36. The monoisotopic (exact) mass is 253 g/mol. The van der Waals surface area contributed by atoms with Crippen molar-refractivity contribution in [1.29, 1.82) is 0 Å². The zero-order valence-corrected chi connectivity index (χ0v) is 10.9. The Bertz CT molecular complexity index is 361. The van der Waals surface area contributed by atoms with Crippen molar-refractivity contribution >= 4 is 11.6 Å². The second-order valence-corrected chi connectivity index (χ2v) is 5.14. The SMILES string of the molecule is NCCc1cccc(Cl)c1OCC1CCCC1. The number of rotatable bonds is 5. The lowest BCUT2D eigenvalue weighted by Crippen LogP contribution is -2.11. The Kier molecular flexibility index (Phi) is 4.69. The standard InChI is InChI=1S/C14H20ClNO/c15-13-7-3-6-12(8-9-16)14(13)17-10-11-4-1-2-5-11/h3,6-7,11H,1-2,4-5,8-10,16H2. The lowest BCUT2D eigenvalue weighted by molar-refractivity contribution is 0.250. The second-order valence-electron chi connectivity index (χ2n) is 4.73. The summed E-state index contributed by atoms with van der Waals surface area (Å²) in [5.41, 5.74) is 6.72. The van der Waals surface area contributed by atoms with E-state index in [0.29, 0.717) is 17.5 Å². The predicted octanol–water partition coefficient (Wildman–Crippen LogP) is 3.41. The van der Waals surface area contributed by atoms with Crippen molar-refractivity contribution in [1.82, 2.24) is 0 Å². The molecule has 1 fully saturated rings. The number of benzene rings is 1. The zero-order chi connectivity index (χ0) is 12.1. The second kappa shape index (κ2) is 6.27. The Hall–Kier alpha value is -0.730. The van der Waals surface area contributed by atoms with Crippen molar-refractivity contribution in [2.24, 2.45) is 11.7 Å². The van der Waals surface area contributed by atoms with Gasteiger partial charge in [0.05, 0.1) is 11.6 Å². The van der Waals surface area contributed by atoms with Crippen molar-refractivity contribution in [3.8, 4) is 5.75 Å². The minimum absolute atomic E-state index is 0.625. The lowest BCUT2D eigenvalue weighted by Gasteiger charge is -2.15.